The van der Waals surface area contributed by atoms with Crippen LogP contribution in [-0.4, -0.2) is 64.5 Å². The lowest BCUT2D eigenvalue weighted by Gasteiger charge is -2.43. The molecule has 2 saturated heterocycles. The van der Waals surface area contributed by atoms with Gasteiger partial charge in [-0.1, -0.05) is 51.6 Å². The molecule has 0 saturated carbocycles. The van der Waals surface area contributed by atoms with Gasteiger partial charge in [-0.2, -0.15) is 0 Å². The first kappa shape index (κ1) is 25.2. The lowest BCUT2D eigenvalue weighted by Crippen LogP contribution is -2.48. The minimum atomic E-state index is -2.18. The molecular formula is C20H34N4O3S2Si. The van der Waals surface area contributed by atoms with Crippen molar-refractivity contribution in [2.45, 2.75) is 70.4 Å². The third-order valence-corrected chi connectivity index (χ3v) is 13.0. The van der Waals surface area contributed by atoms with Crippen LogP contribution in [0.5, 0.6) is 0 Å². The van der Waals surface area contributed by atoms with Crippen LogP contribution in [0.1, 0.15) is 41.5 Å². The molecule has 0 bridgehead atoms. The van der Waals surface area contributed by atoms with E-state index < -0.39 is 13.8 Å². The summed E-state index contributed by atoms with van der Waals surface area (Å²) in [5.74, 6) is 0.313. The van der Waals surface area contributed by atoms with Crippen LogP contribution in [0.3, 0.4) is 0 Å². The Morgan fingerprint density at radius 3 is 2.30 bits per heavy atom. The molecule has 2 atom stereocenters. The first-order valence-corrected chi connectivity index (χ1v) is 14.8. The number of rotatable bonds is 7. The molecule has 2 amide bonds. The number of hydrogen-bond donors (Lipinski definition) is 0. The molecule has 0 radical (unpaired) electrons. The van der Waals surface area contributed by atoms with Crippen molar-refractivity contribution in [3.8, 4) is 0 Å². The van der Waals surface area contributed by atoms with E-state index in [0.29, 0.717) is 22.8 Å². The van der Waals surface area contributed by atoms with E-state index in [9.17, 15) is 9.59 Å². The molecule has 2 aliphatic heterocycles. The monoisotopic (exact) mass is 470 g/mol. The van der Waals surface area contributed by atoms with Gasteiger partial charge in [0.25, 0.3) is 5.91 Å². The number of thioether (sulfide) groups is 2. The Morgan fingerprint density at radius 2 is 1.77 bits per heavy atom. The summed E-state index contributed by atoms with van der Waals surface area (Å²) in [5.41, 5.74) is 0.256. The molecule has 0 spiro atoms. The topological polar surface area (TPSA) is 74.6 Å². The molecule has 2 rings (SSSR count). The Morgan fingerprint density at radius 1 is 1.20 bits per heavy atom. The molecule has 0 aromatic rings. The molecule has 168 valence electrons. The van der Waals surface area contributed by atoms with Crippen LogP contribution < -0.4 is 0 Å². The van der Waals surface area contributed by atoms with Crippen LogP contribution in [-0.2, 0) is 14.0 Å². The quantitative estimate of drug-likeness (QED) is 0.314. The van der Waals surface area contributed by atoms with Gasteiger partial charge in [-0.05, 0) is 49.7 Å². The minimum absolute atomic E-state index is 0.00432. The number of amidine groups is 2. The fourth-order valence-corrected chi connectivity index (χ4v) is 7.87. The van der Waals surface area contributed by atoms with Crippen LogP contribution in [0.25, 0.3) is 0 Å². The SMILES string of the molecule is C=C(C)CN1C(=O)C(C)S/C1=N/N=C1/SC(O[Si](C)(C)C(C)(C)C(C)C)C(=O)N1C. The molecule has 30 heavy (non-hydrogen) atoms. The van der Waals surface area contributed by atoms with E-state index in [-0.39, 0.29) is 22.1 Å². The standard InChI is InChI=1S/C20H34N4O3S2Si/c1-12(2)11-24-15(25)14(5)28-19(24)22-21-18-23(8)16(26)17(29-18)27-30(9,10)20(6,7)13(3)4/h13-14,17H,1,11H2,2-10H3/b21-18+,22-19+. The van der Waals surface area contributed by atoms with Crippen molar-refractivity contribution < 1.29 is 14.0 Å². The summed E-state index contributed by atoms with van der Waals surface area (Å²) in [6.07, 6.45) is 0. The number of carbonyl (C=O) groups is 2. The average Bonchev–Trinajstić information content (AvgIpc) is 3.03. The summed E-state index contributed by atoms with van der Waals surface area (Å²) in [6, 6.07) is 0. The number of likely N-dealkylation sites (N-methyl/N-ethyl adjacent to an activating group) is 1. The summed E-state index contributed by atoms with van der Waals surface area (Å²) in [6.45, 7) is 21.1. The maximum atomic E-state index is 12.8. The number of carbonyl (C=O) groups excluding carboxylic acids is 2. The molecule has 2 fully saturated rings. The van der Waals surface area contributed by atoms with Crippen molar-refractivity contribution in [2.75, 3.05) is 13.6 Å². The summed E-state index contributed by atoms with van der Waals surface area (Å²) in [7, 11) is -0.500. The van der Waals surface area contributed by atoms with Gasteiger partial charge in [0.2, 0.25) is 5.91 Å². The molecule has 0 aromatic carbocycles. The van der Waals surface area contributed by atoms with Crippen molar-refractivity contribution in [1.29, 1.82) is 0 Å². The highest BCUT2D eigenvalue weighted by atomic mass is 32.2. The Balaban J connectivity index is 2.21. The predicted octanol–water partition coefficient (Wildman–Crippen LogP) is 4.34. The van der Waals surface area contributed by atoms with Gasteiger partial charge in [0.15, 0.2) is 24.1 Å². The van der Waals surface area contributed by atoms with Crippen LogP contribution in [0.15, 0.2) is 22.4 Å². The molecule has 2 unspecified atom stereocenters. The molecule has 0 aromatic heterocycles. The summed E-state index contributed by atoms with van der Waals surface area (Å²) in [5, 5.41) is 9.42. The first-order chi connectivity index (χ1) is 13.7. The van der Waals surface area contributed by atoms with E-state index in [4.69, 9.17) is 4.43 Å². The van der Waals surface area contributed by atoms with E-state index in [2.05, 4.69) is 57.6 Å². The summed E-state index contributed by atoms with van der Waals surface area (Å²) < 4.78 is 6.42. The maximum absolute atomic E-state index is 12.8. The van der Waals surface area contributed by atoms with Gasteiger partial charge in [0.05, 0.1) is 5.25 Å². The average molecular weight is 471 g/mol. The lowest BCUT2D eigenvalue weighted by molar-refractivity contribution is -0.129. The zero-order valence-electron chi connectivity index (χ0n) is 19.5. The van der Waals surface area contributed by atoms with E-state index in [0.717, 1.165) is 5.57 Å². The Hall–Kier alpha value is -1.10. The van der Waals surface area contributed by atoms with E-state index in [1.807, 2.05) is 13.8 Å². The van der Waals surface area contributed by atoms with Gasteiger partial charge < -0.3 is 4.43 Å². The molecule has 0 N–H and O–H groups in total. The second-order valence-corrected chi connectivity index (χ2v) is 16.1. The van der Waals surface area contributed by atoms with Crippen LogP contribution in [0, 0.1) is 5.92 Å². The fraction of sp³-hybridized carbons (Fsp3) is 0.700. The normalized spacial score (nSPS) is 26.1. The predicted molar refractivity (Wildman–Crippen MR) is 130 cm³/mol. The van der Waals surface area contributed by atoms with Crippen molar-refractivity contribution in [1.82, 2.24) is 9.80 Å². The van der Waals surface area contributed by atoms with Crippen LogP contribution in [0.4, 0.5) is 0 Å². The highest BCUT2D eigenvalue weighted by molar-refractivity contribution is 8.16. The maximum Gasteiger partial charge on any atom is 0.267 e. The first-order valence-electron chi connectivity index (χ1n) is 10.1. The summed E-state index contributed by atoms with van der Waals surface area (Å²) in [4.78, 5) is 28.2. The second kappa shape index (κ2) is 9.18. The smallest absolute Gasteiger partial charge is 0.267 e. The van der Waals surface area contributed by atoms with Gasteiger partial charge in [-0.3, -0.25) is 19.4 Å². The molecule has 7 nitrogen and oxygen atoms in total. The van der Waals surface area contributed by atoms with Crippen LogP contribution in [0.2, 0.25) is 18.1 Å². The third-order valence-electron chi connectivity index (χ3n) is 6.20. The molecule has 2 heterocycles. The van der Waals surface area contributed by atoms with Crippen LogP contribution >= 0.6 is 23.5 Å². The third kappa shape index (κ3) is 5.03. The van der Waals surface area contributed by atoms with Crippen molar-refractivity contribution >= 4 is 54.0 Å². The van der Waals surface area contributed by atoms with Gasteiger partial charge in [-0.15, -0.1) is 10.2 Å². The Bertz CT molecular complexity index is 795. The Kier molecular flexibility index (Phi) is 7.70. The van der Waals surface area contributed by atoms with Gasteiger partial charge in [0.1, 0.15) is 0 Å². The largest absolute Gasteiger partial charge is 0.397 e. The van der Waals surface area contributed by atoms with Crippen molar-refractivity contribution in [3.63, 3.8) is 0 Å². The second-order valence-electron chi connectivity index (χ2n) is 9.26. The molecule has 10 heteroatoms. The van der Waals surface area contributed by atoms with E-state index >= 15 is 0 Å². The van der Waals surface area contributed by atoms with Crippen molar-refractivity contribution in [3.05, 3.63) is 12.2 Å². The number of nitrogens with zero attached hydrogens (tertiary/aromatic N) is 4. The van der Waals surface area contributed by atoms with Gasteiger partial charge in [0, 0.05) is 13.6 Å². The number of hydrogen-bond acceptors (Lipinski definition) is 7. The van der Waals surface area contributed by atoms with E-state index in [1.165, 1.54) is 28.4 Å². The Labute approximate surface area is 189 Å². The summed E-state index contributed by atoms with van der Waals surface area (Å²) >= 11 is 2.65. The zero-order chi connectivity index (χ0) is 23.0. The lowest BCUT2D eigenvalue weighted by atomic mass is 9.99. The van der Waals surface area contributed by atoms with Crippen molar-refractivity contribution in [2.24, 2.45) is 16.1 Å². The molecule has 0 aliphatic carbocycles. The van der Waals surface area contributed by atoms with E-state index in [1.54, 1.807) is 11.9 Å². The minimum Gasteiger partial charge on any atom is -0.397 e. The van der Waals surface area contributed by atoms with Gasteiger partial charge in [-0.25, -0.2) is 0 Å². The number of amides is 2. The highest BCUT2D eigenvalue weighted by Gasteiger charge is 2.48. The van der Waals surface area contributed by atoms with Gasteiger partial charge >= 0.3 is 0 Å². The molecule has 2 aliphatic rings. The zero-order valence-corrected chi connectivity index (χ0v) is 22.1. The molecular weight excluding hydrogens is 436 g/mol. The highest BCUT2D eigenvalue weighted by Crippen LogP contribution is 2.46. The fourth-order valence-electron chi connectivity index (χ4n) is 2.92.